The smallest absolute Gasteiger partial charge is 0.223 e. The molecule has 1 saturated heterocycles. The van der Waals surface area contributed by atoms with Gasteiger partial charge >= 0.3 is 0 Å². The lowest BCUT2D eigenvalue weighted by Gasteiger charge is -2.31. The molecule has 0 spiro atoms. The Balaban J connectivity index is 1.91. The first-order chi connectivity index (χ1) is 13.8. The van der Waals surface area contributed by atoms with Gasteiger partial charge in [-0.25, -0.2) is 9.98 Å². The maximum atomic E-state index is 5.69. The average Bonchev–Trinajstić information content (AvgIpc) is 2.66. The van der Waals surface area contributed by atoms with Gasteiger partial charge in [0.1, 0.15) is 6.73 Å². The molecule has 1 fully saturated rings. The normalized spacial score (nSPS) is 15.0. The van der Waals surface area contributed by atoms with E-state index in [9.17, 15) is 0 Å². The first kappa shape index (κ1) is 24.9. The quantitative estimate of drug-likeness (QED) is 0.156. The minimum atomic E-state index is 0.415. The van der Waals surface area contributed by atoms with Crippen molar-refractivity contribution in [1.29, 1.82) is 0 Å². The molecule has 0 unspecified atom stereocenters. The van der Waals surface area contributed by atoms with Crippen molar-refractivity contribution in [1.82, 2.24) is 4.90 Å². The highest BCUT2D eigenvalue weighted by Crippen LogP contribution is 2.12. The molecule has 4 nitrogen and oxygen atoms in total. The van der Waals surface area contributed by atoms with E-state index in [-0.39, 0.29) is 0 Å². The van der Waals surface area contributed by atoms with Gasteiger partial charge in [-0.1, -0.05) is 90.6 Å². The maximum Gasteiger partial charge on any atom is 0.223 e. The van der Waals surface area contributed by atoms with Crippen LogP contribution in [-0.4, -0.2) is 43.0 Å². The van der Waals surface area contributed by atoms with Gasteiger partial charge in [-0.05, 0) is 25.8 Å². The third-order valence-corrected chi connectivity index (χ3v) is 5.40. The van der Waals surface area contributed by atoms with Crippen molar-refractivity contribution < 1.29 is 4.74 Å². The summed E-state index contributed by atoms with van der Waals surface area (Å²) < 4.78 is 5.69. The van der Waals surface area contributed by atoms with E-state index in [1.54, 1.807) is 6.08 Å². The summed E-state index contributed by atoms with van der Waals surface area (Å²) in [6, 6.07) is 0. The van der Waals surface area contributed by atoms with Crippen LogP contribution in [0.3, 0.4) is 0 Å². The number of hydrogen-bond donors (Lipinski definition) is 0. The molecule has 0 bridgehead atoms. The summed E-state index contributed by atoms with van der Waals surface area (Å²) in [5, 5.41) is 0. The van der Waals surface area contributed by atoms with E-state index in [0.29, 0.717) is 6.73 Å². The van der Waals surface area contributed by atoms with Crippen molar-refractivity contribution in [2.75, 3.05) is 26.4 Å². The predicted molar refractivity (Wildman–Crippen MR) is 123 cm³/mol. The molecule has 0 N–H and O–H groups in total. The van der Waals surface area contributed by atoms with E-state index in [1.807, 2.05) is 6.92 Å². The van der Waals surface area contributed by atoms with Crippen LogP contribution in [0, 0.1) is 0 Å². The average molecular weight is 392 g/mol. The Morgan fingerprint density at radius 2 is 1.43 bits per heavy atom. The van der Waals surface area contributed by atoms with Gasteiger partial charge in [-0.3, -0.25) is 0 Å². The largest absolute Gasteiger partial charge is 0.359 e. The maximum absolute atomic E-state index is 5.69. The molecule has 0 aliphatic carbocycles. The van der Waals surface area contributed by atoms with E-state index in [2.05, 4.69) is 28.4 Å². The summed E-state index contributed by atoms with van der Waals surface area (Å²) in [5.41, 5.74) is 0.905. The fourth-order valence-corrected chi connectivity index (χ4v) is 3.32. The lowest BCUT2D eigenvalue weighted by atomic mass is 10.0. The second-order valence-corrected chi connectivity index (χ2v) is 8.04. The van der Waals surface area contributed by atoms with Crippen LogP contribution < -0.4 is 0 Å². The molecular formula is C24H45N3O. The van der Waals surface area contributed by atoms with Crippen molar-refractivity contribution in [2.24, 2.45) is 9.98 Å². The van der Waals surface area contributed by atoms with Crippen LogP contribution in [0.4, 0.5) is 0 Å². The first-order valence-electron chi connectivity index (χ1n) is 11.8. The van der Waals surface area contributed by atoms with Gasteiger partial charge < -0.3 is 9.64 Å². The van der Waals surface area contributed by atoms with Gasteiger partial charge in [-0.2, -0.15) is 0 Å². The van der Waals surface area contributed by atoms with Crippen LogP contribution in [-0.2, 0) is 4.74 Å². The van der Waals surface area contributed by atoms with Gasteiger partial charge in [-0.15, -0.1) is 0 Å². The van der Waals surface area contributed by atoms with Gasteiger partial charge in [0, 0.05) is 25.4 Å². The molecule has 1 aliphatic rings. The molecule has 0 aromatic heterocycles. The van der Waals surface area contributed by atoms with Crippen molar-refractivity contribution >= 4 is 11.7 Å². The third-order valence-electron chi connectivity index (χ3n) is 5.40. The number of unbranched alkanes of at least 4 members (excludes halogenated alkanes) is 12. The Labute approximate surface area is 174 Å². The number of guanidine groups is 1. The molecule has 0 radical (unpaired) electrons. The van der Waals surface area contributed by atoms with Crippen LogP contribution in [0.1, 0.15) is 104 Å². The SMILES string of the molecule is C=CC(C)=NC(=NCOCCCCCCCCCCCCCCC)N1CCC1. The predicted octanol–water partition coefficient (Wildman–Crippen LogP) is 6.76. The second-order valence-electron chi connectivity index (χ2n) is 8.04. The van der Waals surface area contributed by atoms with Crippen LogP contribution in [0.2, 0.25) is 0 Å². The standard InChI is InChI=1S/C24H45N3O/c1-4-6-7-8-9-10-11-12-13-14-15-16-17-21-28-22-25-24(26-23(3)5-2)27-19-18-20-27/h5H,2,4,6-22H2,1,3H3. The van der Waals surface area contributed by atoms with Gasteiger partial charge in [0.2, 0.25) is 5.96 Å². The van der Waals surface area contributed by atoms with Gasteiger partial charge in [0.15, 0.2) is 0 Å². The number of ether oxygens (including phenoxy) is 1. The lowest BCUT2D eigenvalue weighted by molar-refractivity contribution is 0.136. The third kappa shape index (κ3) is 13.1. The first-order valence-corrected chi connectivity index (χ1v) is 11.8. The van der Waals surface area contributed by atoms with Crippen LogP contribution in [0.25, 0.3) is 0 Å². The number of allylic oxidation sites excluding steroid dienone is 1. The topological polar surface area (TPSA) is 37.2 Å². The Morgan fingerprint density at radius 3 is 1.89 bits per heavy atom. The summed E-state index contributed by atoms with van der Waals surface area (Å²) in [4.78, 5) is 11.2. The zero-order chi connectivity index (χ0) is 20.3. The van der Waals surface area contributed by atoms with Crippen molar-refractivity contribution in [2.45, 2.75) is 104 Å². The number of hydrogen-bond acceptors (Lipinski definition) is 2. The Hall–Kier alpha value is -1.16. The molecule has 1 heterocycles. The summed E-state index contributed by atoms with van der Waals surface area (Å²) in [6.45, 7) is 11.3. The van der Waals surface area contributed by atoms with E-state index in [4.69, 9.17) is 4.74 Å². The van der Waals surface area contributed by atoms with Crippen LogP contribution in [0.5, 0.6) is 0 Å². The summed E-state index contributed by atoms with van der Waals surface area (Å²) in [6.07, 6.45) is 20.9. The highest BCUT2D eigenvalue weighted by atomic mass is 16.5. The van der Waals surface area contributed by atoms with Crippen molar-refractivity contribution in [3.63, 3.8) is 0 Å². The highest BCUT2D eigenvalue weighted by molar-refractivity contribution is 6.01. The molecule has 162 valence electrons. The van der Waals surface area contributed by atoms with Gasteiger partial charge in [0.05, 0.1) is 0 Å². The fourth-order valence-electron chi connectivity index (χ4n) is 3.32. The van der Waals surface area contributed by atoms with Crippen molar-refractivity contribution in [3.05, 3.63) is 12.7 Å². The van der Waals surface area contributed by atoms with Crippen molar-refractivity contribution in [3.8, 4) is 0 Å². The Kier molecular flexibility index (Phi) is 15.9. The molecule has 1 aliphatic heterocycles. The molecule has 0 saturated carbocycles. The molecule has 0 atom stereocenters. The lowest BCUT2D eigenvalue weighted by Crippen LogP contribution is -2.41. The minimum Gasteiger partial charge on any atom is -0.359 e. The number of aliphatic imine (C=N–C) groups is 2. The van der Waals surface area contributed by atoms with E-state index < -0.39 is 0 Å². The molecular weight excluding hydrogens is 346 g/mol. The Morgan fingerprint density at radius 1 is 0.893 bits per heavy atom. The monoisotopic (exact) mass is 391 g/mol. The molecule has 28 heavy (non-hydrogen) atoms. The molecule has 4 heteroatoms. The fraction of sp³-hybridized carbons (Fsp3) is 0.833. The zero-order valence-electron chi connectivity index (χ0n) is 18.8. The van der Waals surface area contributed by atoms with Crippen LogP contribution in [0.15, 0.2) is 22.6 Å². The number of rotatable bonds is 17. The van der Waals surface area contributed by atoms with Gasteiger partial charge in [0.25, 0.3) is 0 Å². The summed E-state index contributed by atoms with van der Waals surface area (Å²) in [7, 11) is 0. The molecule has 0 aromatic carbocycles. The van der Waals surface area contributed by atoms with Crippen LogP contribution >= 0.6 is 0 Å². The summed E-state index contributed by atoms with van der Waals surface area (Å²) >= 11 is 0. The Bertz CT molecular complexity index is 441. The van der Waals surface area contributed by atoms with E-state index in [0.717, 1.165) is 37.8 Å². The molecule has 0 aromatic rings. The minimum absolute atomic E-state index is 0.415. The number of nitrogens with zero attached hydrogens (tertiary/aromatic N) is 3. The highest BCUT2D eigenvalue weighted by Gasteiger charge is 2.17. The van der Waals surface area contributed by atoms with E-state index in [1.165, 1.54) is 83.5 Å². The molecule has 1 rings (SSSR count). The zero-order valence-corrected chi connectivity index (χ0v) is 18.8. The van der Waals surface area contributed by atoms with E-state index >= 15 is 0 Å². The summed E-state index contributed by atoms with van der Waals surface area (Å²) in [5.74, 6) is 0.800. The second kappa shape index (κ2) is 17.9. The number of likely N-dealkylation sites (tertiary alicyclic amines) is 1. The molecule has 0 amide bonds.